The van der Waals surface area contributed by atoms with Crippen molar-refractivity contribution in [2.45, 2.75) is 13.0 Å². The zero-order chi connectivity index (χ0) is 19.1. The summed E-state index contributed by atoms with van der Waals surface area (Å²) in [7, 11) is 0. The Morgan fingerprint density at radius 2 is 1.63 bits per heavy atom. The molecule has 0 atom stereocenters. The molecule has 0 saturated heterocycles. The van der Waals surface area contributed by atoms with Crippen molar-refractivity contribution >= 4 is 35.2 Å². The van der Waals surface area contributed by atoms with Crippen LogP contribution in [0.3, 0.4) is 0 Å². The van der Waals surface area contributed by atoms with Crippen LogP contribution in [0, 0.1) is 0 Å². The molecule has 3 aromatic rings. The summed E-state index contributed by atoms with van der Waals surface area (Å²) >= 11 is 11.9. The molecule has 5 heteroatoms. The summed E-state index contributed by atoms with van der Waals surface area (Å²) in [5, 5.41) is 4.91. The normalized spacial score (nSPS) is 10.9. The lowest BCUT2D eigenvalue weighted by molar-refractivity contribution is 0.0996. The van der Waals surface area contributed by atoms with Gasteiger partial charge in [0.15, 0.2) is 5.78 Å². The second-order valence-electron chi connectivity index (χ2n) is 5.87. The van der Waals surface area contributed by atoms with Crippen molar-refractivity contribution in [3.63, 3.8) is 0 Å². The van der Waals surface area contributed by atoms with Crippen molar-refractivity contribution in [2.24, 2.45) is 5.16 Å². The Balaban J connectivity index is 1.51. The highest BCUT2D eigenvalue weighted by atomic mass is 35.5. The van der Waals surface area contributed by atoms with E-state index in [4.69, 9.17) is 28.0 Å². The van der Waals surface area contributed by atoms with E-state index in [1.54, 1.807) is 18.2 Å². The average molecular weight is 398 g/mol. The van der Waals surface area contributed by atoms with Crippen LogP contribution >= 0.6 is 23.2 Å². The Morgan fingerprint density at radius 3 is 2.33 bits per heavy atom. The maximum atomic E-state index is 12.2. The molecule has 0 heterocycles. The summed E-state index contributed by atoms with van der Waals surface area (Å²) < 4.78 is 0. The number of rotatable bonds is 7. The number of carbonyl (C=O) groups is 1. The van der Waals surface area contributed by atoms with Gasteiger partial charge in [-0.2, -0.15) is 0 Å². The highest BCUT2D eigenvalue weighted by Crippen LogP contribution is 2.22. The number of halogens is 2. The van der Waals surface area contributed by atoms with E-state index < -0.39 is 0 Å². The number of ketones is 1. The van der Waals surface area contributed by atoms with Crippen molar-refractivity contribution in [3.05, 3.63) is 94.0 Å². The average Bonchev–Trinajstić information content (AvgIpc) is 2.70. The van der Waals surface area contributed by atoms with Crippen LogP contribution in [0.25, 0.3) is 11.1 Å². The van der Waals surface area contributed by atoms with Gasteiger partial charge in [-0.15, -0.1) is 0 Å². The third-order valence-electron chi connectivity index (χ3n) is 3.97. The Bertz CT molecular complexity index is 938. The van der Waals surface area contributed by atoms with Crippen molar-refractivity contribution < 1.29 is 9.63 Å². The van der Waals surface area contributed by atoms with E-state index in [0.717, 1.165) is 16.7 Å². The van der Waals surface area contributed by atoms with Crippen LogP contribution < -0.4 is 0 Å². The SMILES string of the molecule is O=C(C/C=N\OCc1ccc(Cl)cc1Cl)c1ccc(-c2ccccc2)cc1. The quantitative estimate of drug-likeness (QED) is 0.261. The van der Waals surface area contributed by atoms with E-state index in [9.17, 15) is 4.79 Å². The molecule has 3 rings (SSSR count). The second kappa shape index (κ2) is 9.36. The minimum Gasteiger partial charge on any atom is -0.391 e. The Hall–Kier alpha value is -2.62. The maximum absolute atomic E-state index is 12.2. The summed E-state index contributed by atoms with van der Waals surface area (Å²) in [5.41, 5.74) is 3.61. The van der Waals surface area contributed by atoms with E-state index in [1.807, 2.05) is 54.6 Å². The monoisotopic (exact) mass is 397 g/mol. The lowest BCUT2D eigenvalue weighted by Gasteiger charge is -2.04. The van der Waals surface area contributed by atoms with Crippen LogP contribution in [0.2, 0.25) is 10.0 Å². The summed E-state index contributed by atoms with van der Waals surface area (Å²) in [6.07, 6.45) is 1.62. The van der Waals surface area contributed by atoms with Gasteiger partial charge in [-0.3, -0.25) is 4.79 Å². The molecule has 0 saturated carbocycles. The van der Waals surface area contributed by atoms with Crippen molar-refractivity contribution in [2.75, 3.05) is 0 Å². The van der Waals surface area contributed by atoms with Crippen molar-refractivity contribution in [3.8, 4) is 11.1 Å². The van der Waals surface area contributed by atoms with Gasteiger partial charge < -0.3 is 4.84 Å². The molecule has 0 radical (unpaired) electrons. The first-order valence-electron chi connectivity index (χ1n) is 8.40. The molecule has 0 aliphatic heterocycles. The summed E-state index contributed by atoms with van der Waals surface area (Å²) in [6, 6.07) is 22.7. The predicted molar refractivity (Wildman–Crippen MR) is 111 cm³/mol. The fourth-order valence-corrected chi connectivity index (χ4v) is 2.98. The molecular weight excluding hydrogens is 381 g/mol. The third kappa shape index (κ3) is 5.43. The number of Topliss-reactive ketones (excluding diaryl/α,β-unsaturated/α-hetero) is 1. The predicted octanol–water partition coefficient (Wildman–Crippen LogP) is 6.44. The number of hydrogen-bond donors (Lipinski definition) is 0. The second-order valence-corrected chi connectivity index (χ2v) is 6.71. The highest BCUT2D eigenvalue weighted by Gasteiger charge is 2.05. The molecule has 3 aromatic carbocycles. The summed E-state index contributed by atoms with van der Waals surface area (Å²) in [5.74, 6) is -0.0218. The van der Waals surface area contributed by atoms with Gasteiger partial charge in [-0.05, 0) is 23.3 Å². The molecule has 3 nitrogen and oxygen atoms in total. The van der Waals surface area contributed by atoms with Crippen LogP contribution in [0.5, 0.6) is 0 Å². The van der Waals surface area contributed by atoms with Gasteiger partial charge in [0.05, 0.1) is 6.21 Å². The molecule has 27 heavy (non-hydrogen) atoms. The fourth-order valence-electron chi connectivity index (χ4n) is 2.52. The van der Waals surface area contributed by atoms with E-state index in [2.05, 4.69) is 5.16 Å². The summed E-state index contributed by atoms with van der Waals surface area (Å²) in [6.45, 7) is 0.215. The molecule has 0 unspecified atom stereocenters. The van der Waals surface area contributed by atoms with Gasteiger partial charge in [-0.25, -0.2) is 0 Å². The van der Waals surface area contributed by atoms with Crippen molar-refractivity contribution in [1.29, 1.82) is 0 Å². The van der Waals surface area contributed by atoms with Gasteiger partial charge in [-0.1, -0.05) is 89.0 Å². The number of carbonyl (C=O) groups excluding carboxylic acids is 1. The maximum Gasteiger partial charge on any atom is 0.168 e. The number of benzene rings is 3. The zero-order valence-electron chi connectivity index (χ0n) is 14.4. The minimum absolute atomic E-state index is 0.0218. The number of hydrogen-bond acceptors (Lipinski definition) is 3. The topological polar surface area (TPSA) is 38.7 Å². The molecule has 0 amide bonds. The summed E-state index contributed by atoms with van der Waals surface area (Å²) in [4.78, 5) is 17.4. The van der Waals surface area contributed by atoms with E-state index >= 15 is 0 Å². The van der Waals surface area contributed by atoms with Crippen LogP contribution in [-0.2, 0) is 11.4 Å². The van der Waals surface area contributed by atoms with Gasteiger partial charge in [0.1, 0.15) is 6.61 Å². The van der Waals surface area contributed by atoms with Gasteiger partial charge in [0, 0.05) is 27.6 Å². The van der Waals surface area contributed by atoms with Gasteiger partial charge in [0.25, 0.3) is 0 Å². The largest absolute Gasteiger partial charge is 0.391 e. The van der Waals surface area contributed by atoms with E-state index in [1.165, 1.54) is 6.21 Å². The Morgan fingerprint density at radius 1 is 0.926 bits per heavy atom. The fraction of sp³-hybridized carbons (Fsp3) is 0.0909. The third-order valence-corrected chi connectivity index (χ3v) is 4.56. The standard InChI is InChI=1S/C22H17Cl2NO2/c23-20-11-10-19(21(24)14-20)15-27-25-13-12-22(26)18-8-6-17(7-9-18)16-4-2-1-3-5-16/h1-11,13-14H,12,15H2/b25-13-. The lowest BCUT2D eigenvalue weighted by atomic mass is 10.0. The Labute approximate surface area is 168 Å². The first-order valence-corrected chi connectivity index (χ1v) is 9.15. The van der Waals surface area contributed by atoms with Crippen LogP contribution in [0.15, 0.2) is 78.0 Å². The minimum atomic E-state index is -0.0218. The molecule has 0 aromatic heterocycles. The zero-order valence-corrected chi connectivity index (χ0v) is 16.0. The van der Waals surface area contributed by atoms with Crippen LogP contribution in [0.1, 0.15) is 22.3 Å². The molecule has 0 aliphatic rings. The Kier molecular flexibility index (Phi) is 6.64. The first-order chi connectivity index (χ1) is 13.1. The molecular formula is C22H17Cl2NO2. The molecule has 0 N–H and O–H groups in total. The molecule has 0 aliphatic carbocycles. The van der Waals surface area contributed by atoms with Crippen molar-refractivity contribution in [1.82, 2.24) is 0 Å². The van der Waals surface area contributed by atoms with Crippen LogP contribution in [0.4, 0.5) is 0 Å². The molecule has 0 spiro atoms. The number of nitrogens with zero attached hydrogens (tertiary/aromatic N) is 1. The van der Waals surface area contributed by atoms with E-state index in [-0.39, 0.29) is 18.8 Å². The smallest absolute Gasteiger partial charge is 0.168 e. The molecule has 0 bridgehead atoms. The molecule has 136 valence electrons. The van der Waals surface area contributed by atoms with Crippen LogP contribution in [-0.4, -0.2) is 12.0 Å². The van der Waals surface area contributed by atoms with Gasteiger partial charge >= 0.3 is 0 Å². The molecule has 0 fully saturated rings. The number of oxime groups is 1. The highest BCUT2D eigenvalue weighted by molar-refractivity contribution is 6.35. The van der Waals surface area contributed by atoms with Gasteiger partial charge in [0.2, 0.25) is 0 Å². The first kappa shape index (κ1) is 19.2. The van der Waals surface area contributed by atoms with E-state index in [0.29, 0.717) is 15.6 Å². The lowest BCUT2D eigenvalue weighted by Crippen LogP contribution is -1.99.